The van der Waals surface area contributed by atoms with Crippen LogP contribution in [0.5, 0.6) is 0 Å². The van der Waals surface area contributed by atoms with Crippen LogP contribution >= 0.6 is 11.3 Å². The molecule has 0 saturated carbocycles. The number of hydrogen-bond acceptors (Lipinski definition) is 3. The van der Waals surface area contributed by atoms with Gasteiger partial charge in [0.25, 0.3) is 0 Å². The van der Waals surface area contributed by atoms with E-state index >= 15 is 0 Å². The fourth-order valence-electron chi connectivity index (χ4n) is 2.34. The molecule has 1 saturated heterocycles. The third kappa shape index (κ3) is 3.07. The molecule has 3 nitrogen and oxygen atoms in total. The maximum atomic E-state index is 12.1. The quantitative estimate of drug-likeness (QED) is 0.895. The molecule has 2 N–H and O–H groups in total. The molecule has 94 valence electrons. The van der Waals surface area contributed by atoms with E-state index in [1.165, 1.54) is 4.88 Å². The van der Waals surface area contributed by atoms with Gasteiger partial charge >= 0.3 is 0 Å². The summed E-state index contributed by atoms with van der Waals surface area (Å²) < 4.78 is 0. The SMILES string of the molecule is CC(N)CCC(=O)N1CCCC1c1cccs1. The van der Waals surface area contributed by atoms with E-state index in [4.69, 9.17) is 5.73 Å². The van der Waals surface area contributed by atoms with Crippen LogP contribution < -0.4 is 5.73 Å². The van der Waals surface area contributed by atoms with Crippen LogP contribution in [0.15, 0.2) is 17.5 Å². The van der Waals surface area contributed by atoms with Crippen LogP contribution in [-0.4, -0.2) is 23.4 Å². The van der Waals surface area contributed by atoms with Gasteiger partial charge in [-0.25, -0.2) is 0 Å². The lowest BCUT2D eigenvalue weighted by Gasteiger charge is -2.24. The molecule has 4 heteroatoms. The van der Waals surface area contributed by atoms with E-state index < -0.39 is 0 Å². The van der Waals surface area contributed by atoms with Crippen LogP contribution in [0.3, 0.4) is 0 Å². The van der Waals surface area contributed by atoms with E-state index in [-0.39, 0.29) is 11.9 Å². The average molecular weight is 252 g/mol. The minimum atomic E-state index is 0.113. The Morgan fingerprint density at radius 1 is 1.71 bits per heavy atom. The van der Waals surface area contributed by atoms with Crippen molar-refractivity contribution in [3.05, 3.63) is 22.4 Å². The molecule has 2 heterocycles. The lowest BCUT2D eigenvalue weighted by Crippen LogP contribution is -2.31. The van der Waals surface area contributed by atoms with Gasteiger partial charge in [-0.05, 0) is 37.6 Å². The number of nitrogens with two attached hydrogens (primary N) is 1. The van der Waals surface area contributed by atoms with Crippen LogP contribution in [-0.2, 0) is 4.79 Å². The van der Waals surface area contributed by atoms with Crippen LogP contribution in [0.1, 0.15) is 43.5 Å². The molecule has 0 bridgehead atoms. The maximum absolute atomic E-state index is 12.1. The number of nitrogens with zero attached hydrogens (tertiary/aromatic N) is 1. The lowest BCUT2D eigenvalue weighted by molar-refractivity contribution is -0.132. The second kappa shape index (κ2) is 5.65. The van der Waals surface area contributed by atoms with Crippen molar-refractivity contribution in [2.24, 2.45) is 5.73 Å². The molecule has 1 aliphatic rings. The van der Waals surface area contributed by atoms with Crippen LogP contribution in [0, 0.1) is 0 Å². The minimum Gasteiger partial charge on any atom is -0.335 e. The Hall–Kier alpha value is -0.870. The molecular formula is C13H20N2OS. The summed E-state index contributed by atoms with van der Waals surface area (Å²) in [4.78, 5) is 15.5. The van der Waals surface area contributed by atoms with E-state index in [1.54, 1.807) is 11.3 Å². The monoisotopic (exact) mass is 252 g/mol. The third-order valence-electron chi connectivity index (χ3n) is 3.26. The fraction of sp³-hybridized carbons (Fsp3) is 0.615. The van der Waals surface area contributed by atoms with Crippen molar-refractivity contribution in [2.45, 2.75) is 44.7 Å². The van der Waals surface area contributed by atoms with Gasteiger partial charge in [0, 0.05) is 23.9 Å². The lowest BCUT2D eigenvalue weighted by atomic mass is 10.1. The summed E-state index contributed by atoms with van der Waals surface area (Å²) in [5.74, 6) is 0.262. The Balaban J connectivity index is 1.97. The Kier molecular flexibility index (Phi) is 4.18. The van der Waals surface area contributed by atoms with Crippen LogP contribution in [0.4, 0.5) is 0 Å². The topological polar surface area (TPSA) is 46.3 Å². The Morgan fingerprint density at radius 3 is 3.18 bits per heavy atom. The summed E-state index contributed by atoms with van der Waals surface area (Å²) in [6.07, 6.45) is 3.59. The summed E-state index contributed by atoms with van der Waals surface area (Å²) in [5.41, 5.74) is 5.70. The standard InChI is InChI=1S/C13H20N2OS/c1-10(14)6-7-13(16)15-8-2-4-11(15)12-5-3-9-17-12/h3,5,9-11H,2,4,6-8,14H2,1H3. The molecule has 1 aromatic heterocycles. The first-order valence-electron chi connectivity index (χ1n) is 6.27. The highest BCUT2D eigenvalue weighted by molar-refractivity contribution is 7.10. The van der Waals surface area contributed by atoms with Crippen LogP contribution in [0.2, 0.25) is 0 Å². The van der Waals surface area contributed by atoms with Gasteiger partial charge in [-0.3, -0.25) is 4.79 Å². The van der Waals surface area contributed by atoms with Gasteiger partial charge in [-0.15, -0.1) is 11.3 Å². The van der Waals surface area contributed by atoms with Crippen molar-refractivity contribution in [1.29, 1.82) is 0 Å². The van der Waals surface area contributed by atoms with Gasteiger partial charge in [0.2, 0.25) is 5.91 Å². The Bertz CT molecular complexity index is 362. The molecule has 0 aromatic carbocycles. The van der Waals surface area contributed by atoms with Gasteiger partial charge in [0.15, 0.2) is 0 Å². The highest BCUT2D eigenvalue weighted by Crippen LogP contribution is 2.34. The molecule has 17 heavy (non-hydrogen) atoms. The molecular weight excluding hydrogens is 232 g/mol. The number of hydrogen-bond donors (Lipinski definition) is 1. The highest BCUT2D eigenvalue weighted by atomic mass is 32.1. The van der Waals surface area contributed by atoms with E-state index in [9.17, 15) is 4.79 Å². The largest absolute Gasteiger partial charge is 0.335 e. The zero-order chi connectivity index (χ0) is 12.3. The summed E-state index contributed by atoms with van der Waals surface area (Å²) in [6, 6.07) is 4.62. The maximum Gasteiger partial charge on any atom is 0.223 e. The number of likely N-dealkylation sites (tertiary alicyclic amines) is 1. The van der Waals surface area contributed by atoms with E-state index in [0.29, 0.717) is 12.5 Å². The first-order valence-corrected chi connectivity index (χ1v) is 7.15. The minimum absolute atomic E-state index is 0.113. The van der Waals surface area contributed by atoms with Crippen molar-refractivity contribution < 1.29 is 4.79 Å². The van der Waals surface area contributed by atoms with E-state index in [2.05, 4.69) is 17.5 Å². The van der Waals surface area contributed by atoms with Crippen molar-refractivity contribution in [3.8, 4) is 0 Å². The average Bonchev–Trinajstić information content (AvgIpc) is 2.94. The van der Waals surface area contributed by atoms with Gasteiger partial charge in [0.05, 0.1) is 6.04 Å². The predicted molar refractivity (Wildman–Crippen MR) is 70.9 cm³/mol. The van der Waals surface area contributed by atoms with Gasteiger partial charge in [-0.1, -0.05) is 6.07 Å². The summed E-state index contributed by atoms with van der Waals surface area (Å²) in [6.45, 7) is 2.86. The second-order valence-corrected chi connectivity index (χ2v) is 5.76. The molecule has 0 aliphatic carbocycles. The molecule has 1 fully saturated rings. The Morgan fingerprint density at radius 2 is 2.53 bits per heavy atom. The normalized spacial score (nSPS) is 21.8. The fourth-order valence-corrected chi connectivity index (χ4v) is 3.21. The molecule has 2 unspecified atom stereocenters. The van der Waals surface area contributed by atoms with Gasteiger partial charge in [0.1, 0.15) is 0 Å². The zero-order valence-corrected chi connectivity index (χ0v) is 11.1. The predicted octanol–water partition coefficient (Wildman–Crippen LogP) is 2.54. The zero-order valence-electron chi connectivity index (χ0n) is 10.3. The molecule has 1 aromatic rings. The molecule has 1 amide bonds. The number of carbonyl (C=O) groups is 1. The summed E-state index contributed by atoms with van der Waals surface area (Å²) in [5, 5.41) is 2.08. The van der Waals surface area contributed by atoms with Crippen LogP contribution in [0.25, 0.3) is 0 Å². The van der Waals surface area contributed by atoms with Crippen molar-refractivity contribution >= 4 is 17.2 Å². The second-order valence-electron chi connectivity index (χ2n) is 4.78. The number of rotatable bonds is 4. The number of thiophene rings is 1. The van der Waals surface area contributed by atoms with E-state index in [1.807, 2.05) is 11.8 Å². The first kappa shape index (κ1) is 12.6. The van der Waals surface area contributed by atoms with Crippen molar-refractivity contribution in [2.75, 3.05) is 6.54 Å². The molecule has 2 rings (SSSR count). The summed E-state index contributed by atoms with van der Waals surface area (Å²) in [7, 11) is 0. The molecule has 1 aliphatic heterocycles. The van der Waals surface area contributed by atoms with E-state index in [0.717, 1.165) is 25.8 Å². The highest BCUT2D eigenvalue weighted by Gasteiger charge is 2.30. The van der Waals surface area contributed by atoms with Gasteiger partial charge in [-0.2, -0.15) is 0 Å². The number of carbonyl (C=O) groups excluding carboxylic acids is 1. The first-order chi connectivity index (χ1) is 8.18. The molecule has 0 spiro atoms. The smallest absolute Gasteiger partial charge is 0.223 e. The molecule has 2 atom stereocenters. The summed E-state index contributed by atoms with van der Waals surface area (Å²) >= 11 is 1.75. The Labute approximate surface area is 107 Å². The number of amides is 1. The molecule has 0 radical (unpaired) electrons. The van der Waals surface area contributed by atoms with Crippen molar-refractivity contribution in [1.82, 2.24) is 4.90 Å². The third-order valence-corrected chi connectivity index (χ3v) is 4.23. The van der Waals surface area contributed by atoms with Crippen molar-refractivity contribution in [3.63, 3.8) is 0 Å². The van der Waals surface area contributed by atoms with Gasteiger partial charge < -0.3 is 10.6 Å².